The van der Waals surface area contributed by atoms with Crippen LogP contribution in [0.2, 0.25) is 0 Å². The third kappa shape index (κ3) is 3.01. The molecule has 17 heavy (non-hydrogen) atoms. The molecule has 0 bridgehead atoms. The van der Waals surface area contributed by atoms with Crippen LogP contribution in [-0.2, 0) is 12.8 Å². The van der Waals surface area contributed by atoms with Crippen LogP contribution in [0.5, 0.6) is 5.75 Å². The Labute approximate surface area is 96.4 Å². The Kier molecular flexibility index (Phi) is 3.13. The highest BCUT2D eigenvalue weighted by Gasteiger charge is 2.29. The Morgan fingerprint density at radius 1 is 1.29 bits per heavy atom. The summed E-state index contributed by atoms with van der Waals surface area (Å²) in [7, 11) is 0. The second kappa shape index (κ2) is 4.43. The molecule has 0 fully saturated rings. The van der Waals surface area contributed by atoms with Crippen LogP contribution in [0.4, 0.5) is 13.2 Å². The number of pyridine rings is 1. The van der Waals surface area contributed by atoms with Crippen molar-refractivity contribution >= 4 is 0 Å². The monoisotopic (exact) mass is 247 g/mol. The average Bonchev–Trinajstić information content (AvgIpc) is 2.26. The van der Waals surface area contributed by atoms with Gasteiger partial charge in [0.15, 0.2) is 18.1 Å². The van der Waals surface area contributed by atoms with Crippen molar-refractivity contribution in [3.63, 3.8) is 0 Å². The lowest BCUT2D eigenvalue weighted by Gasteiger charge is -2.16. The van der Waals surface area contributed by atoms with Crippen molar-refractivity contribution < 1.29 is 22.6 Å². The van der Waals surface area contributed by atoms with Gasteiger partial charge in [0.2, 0.25) is 6.20 Å². The van der Waals surface area contributed by atoms with Gasteiger partial charge < -0.3 is 9.94 Å². The van der Waals surface area contributed by atoms with Crippen LogP contribution in [0.3, 0.4) is 0 Å². The fourth-order valence-corrected chi connectivity index (χ4v) is 1.97. The molecule has 1 heterocycles. The highest BCUT2D eigenvalue weighted by molar-refractivity contribution is 5.27. The van der Waals surface area contributed by atoms with Crippen molar-refractivity contribution in [2.45, 2.75) is 31.9 Å². The van der Waals surface area contributed by atoms with Gasteiger partial charge in [-0.25, -0.2) is 0 Å². The van der Waals surface area contributed by atoms with Gasteiger partial charge in [-0.1, -0.05) is 0 Å². The average molecular weight is 247 g/mol. The number of aromatic nitrogens is 1. The van der Waals surface area contributed by atoms with E-state index >= 15 is 0 Å². The predicted molar refractivity (Wildman–Crippen MR) is 53.6 cm³/mol. The van der Waals surface area contributed by atoms with Gasteiger partial charge in [0.25, 0.3) is 0 Å². The van der Waals surface area contributed by atoms with Gasteiger partial charge in [0, 0.05) is 12.0 Å². The summed E-state index contributed by atoms with van der Waals surface area (Å²) < 4.78 is 41.1. The molecule has 0 aliphatic heterocycles. The number of hydrogen-bond donors (Lipinski definition) is 0. The van der Waals surface area contributed by atoms with Gasteiger partial charge >= 0.3 is 6.18 Å². The summed E-state index contributed by atoms with van der Waals surface area (Å²) in [5.41, 5.74) is 1.45. The normalized spacial score (nSPS) is 15.5. The molecule has 0 spiro atoms. The SMILES string of the molecule is [O-][n+]1cc(OCC(F)(F)F)cc2c1CCCC2. The van der Waals surface area contributed by atoms with Crippen LogP contribution >= 0.6 is 0 Å². The minimum Gasteiger partial charge on any atom is -0.618 e. The van der Waals surface area contributed by atoms with E-state index in [-0.39, 0.29) is 5.75 Å². The molecule has 6 heteroatoms. The summed E-state index contributed by atoms with van der Waals surface area (Å²) in [5, 5.41) is 11.6. The summed E-state index contributed by atoms with van der Waals surface area (Å²) >= 11 is 0. The predicted octanol–water partition coefficient (Wildman–Crippen LogP) is 2.14. The number of ether oxygens (including phenoxy) is 1. The summed E-state index contributed by atoms with van der Waals surface area (Å²) in [6, 6.07) is 1.54. The summed E-state index contributed by atoms with van der Waals surface area (Å²) in [4.78, 5) is 0. The van der Waals surface area contributed by atoms with Crippen LogP contribution in [0, 0.1) is 5.21 Å². The smallest absolute Gasteiger partial charge is 0.422 e. The molecular formula is C11H12F3NO2. The first kappa shape index (κ1) is 12.0. The molecule has 0 unspecified atom stereocenters. The van der Waals surface area contributed by atoms with Crippen molar-refractivity contribution in [2.24, 2.45) is 0 Å². The highest BCUT2D eigenvalue weighted by Crippen LogP contribution is 2.23. The topological polar surface area (TPSA) is 36.2 Å². The first-order valence-electron chi connectivity index (χ1n) is 5.40. The molecule has 0 aromatic carbocycles. The molecule has 1 aromatic rings. The number of hydrogen-bond acceptors (Lipinski definition) is 2. The Balaban J connectivity index is 2.16. The zero-order valence-electron chi connectivity index (χ0n) is 9.09. The molecular weight excluding hydrogens is 235 g/mol. The fraction of sp³-hybridized carbons (Fsp3) is 0.545. The standard InChI is InChI=1S/C11H12F3NO2/c12-11(13,14)7-17-9-5-8-3-1-2-4-10(8)15(16)6-9/h5-6H,1-4,7H2. The number of alkyl halides is 3. The molecule has 1 aliphatic rings. The van der Waals surface area contributed by atoms with Gasteiger partial charge in [0.1, 0.15) is 0 Å². The van der Waals surface area contributed by atoms with Crippen molar-refractivity contribution in [3.05, 3.63) is 28.7 Å². The van der Waals surface area contributed by atoms with Gasteiger partial charge in [0.05, 0.1) is 0 Å². The minimum atomic E-state index is -4.39. The molecule has 1 aromatic heterocycles. The largest absolute Gasteiger partial charge is 0.618 e. The van der Waals surface area contributed by atoms with Crippen LogP contribution in [0.25, 0.3) is 0 Å². The lowest BCUT2D eigenvalue weighted by Crippen LogP contribution is -2.35. The molecule has 1 aliphatic carbocycles. The second-order valence-electron chi connectivity index (χ2n) is 4.08. The fourth-order valence-electron chi connectivity index (χ4n) is 1.97. The number of fused-ring (bicyclic) bond motifs is 1. The molecule has 94 valence electrons. The molecule has 0 saturated carbocycles. The van der Waals surface area contributed by atoms with Crippen LogP contribution in [0.15, 0.2) is 12.3 Å². The quantitative estimate of drug-likeness (QED) is 0.593. The Morgan fingerprint density at radius 2 is 2.00 bits per heavy atom. The summed E-state index contributed by atoms with van der Waals surface area (Å²) in [6.45, 7) is -1.37. The molecule has 0 N–H and O–H groups in total. The summed E-state index contributed by atoms with van der Waals surface area (Å²) in [6.07, 6.45) is -0.0214. The highest BCUT2D eigenvalue weighted by atomic mass is 19.4. The Hall–Kier alpha value is -1.46. The van der Waals surface area contributed by atoms with Gasteiger partial charge in [-0.2, -0.15) is 17.9 Å². The molecule has 2 rings (SSSR count). The third-order valence-electron chi connectivity index (χ3n) is 2.71. The van der Waals surface area contributed by atoms with E-state index in [2.05, 4.69) is 4.74 Å². The minimum absolute atomic E-state index is 0.0158. The van der Waals surface area contributed by atoms with Crippen molar-refractivity contribution in [1.29, 1.82) is 0 Å². The maximum atomic E-state index is 12.0. The molecule has 3 nitrogen and oxygen atoms in total. The van der Waals surface area contributed by atoms with Crippen molar-refractivity contribution in [1.82, 2.24) is 0 Å². The number of aryl methyl sites for hydroxylation is 1. The van der Waals surface area contributed by atoms with E-state index in [1.807, 2.05) is 0 Å². The van der Waals surface area contributed by atoms with Crippen LogP contribution < -0.4 is 9.47 Å². The third-order valence-corrected chi connectivity index (χ3v) is 2.71. The lowest BCUT2D eigenvalue weighted by molar-refractivity contribution is -0.615. The molecule has 0 amide bonds. The van der Waals surface area contributed by atoms with E-state index in [1.165, 1.54) is 6.07 Å². The molecule has 0 saturated heterocycles. The van der Waals surface area contributed by atoms with E-state index < -0.39 is 12.8 Å². The van der Waals surface area contributed by atoms with Gasteiger partial charge in [-0.05, 0) is 25.3 Å². The van der Waals surface area contributed by atoms with E-state index in [1.54, 1.807) is 0 Å². The van der Waals surface area contributed by atoms with Crippen LogP contribution in [0.1, 0.15) is 24.1 Å². The first-order chi connectivity index (χ1) is 7.96. The van der Waals surface area contributed by atoms with Gasteiger partial charge in [-0.15, -0.1) is 0 Å². The number of nitrogens with zero attached hydrogens (tertiary/aromatic N) is 1. The first-order valence-corrected chi connectivity index (χ1v) is 5.40. The second-order valence-corrected chi connectivity index (χ2v) is 4.08. The Morgan fingerprint density at radius 3 is 2.71 bits per heavy atom. The van der Waals surface area contributed by atoms with Gasteiger partial charge in [-0.3, -0.25) is 0 Å². The number of rotatable bonds is 2. The Bertz CT molecular complexity index is 418. The van der Waals surface area contributed by atoms with E-state index in [4.69, 9.17) is 0 Å². The van der Waals surface area contributed by atoms with E-state index in [0.29, 0.717) is 16.8 Å². The van der Waals surface area contributed by atoms with E-state index in [0.717, 1.165) is 31.0 Å². The molecule has 0 atom stereocenters. The maximum absolute atomic E-state index is 12.0. The molecule has 0 radical (unpaired) electrons. The maximum Gasteiger partial charge on any atom is 0.422 e. The van der Waals surface area contributed by atoms with Crippen LogP contribution in [-0.4, -0.2) is 12.8 Å². The lowest BCUT2D eigenvalue weighted by atomic mass is 9.96. The zero-order chi connectivity index (χ0) is 12.5. The van der Waals surface area contributed by atoms with Crippen molar-refractivity contribution in [2.75, 3.05) is 6.61 Å². The zero-order valence-corrected chi connectivity index (χ0v) is 9.09. The van der Waals surface area contributed by atoms with Crippen molar-refractivity contribution in [3.8, 4) is 5.75 Å². The summed E-state index contributed by atoms with van der Waals surface area (Å²) in [5.74, 6) is -0.0158. The number of halogens is 3. The van der Waals surface area contributed by atoms with E-state index in [9.17, 15) is 18.4 Å².